The van der Waals surface area contributed by atoms with E-state index in [9.17, 15) is 18.4 Å². The molecule has 4 rings (SSSR count). The van der Waals surface area contributed by atoms with E-state index in [2.05, 4.69) is 53.8 Å². The highest BCUT2D eigenvalue weighted by Crippen LogP contribution is 2.67. The topological polar surface area (TPSA) is 42.2 Å². The average Bonchev–Trinajstić information content (AvgIpc) is 3.02. The predicted octanol–water partition coefficient (Wildman–Crippen LogP) is 8.07. The maximum Gasteiger partial charge on any atom is 0.522 e. The first-order valence-electron chi connectivity index (χ1n) is 13.3. The summed E-state index contributed by atoms with van der Waals surface area (Å²) >= 11 is 0. The Kier molecular flexibility index (Phi) is 6.61. The minimum atomic E-state index is -4.66. The van der Waals surface area contributed by atoms with Gasteiger partial charge in [0.05, 0.1) is 24.2 Å². The van der Waals surface area contributed by atoms with Crippen molar-refractivity contribution in [1.82, 2.24) is 0 Å². The number of rotatable bonds is 3. The summed E-state index contributed by atoms with van der Waals surface area (Å²) in [5.41, 5.74) is -0.0954. The standard InChI is InChI=1S/C27H44F3NO2Si/c1-24(2,3)34(6,7)33-22-14-17-8-10-19-20-11-9-18(16-31)25(20,4)13-12-21(19)26(17,5)15-23(22)32-27(28,29)30/h17-23H,8-15H2,1-7H3/t17-,18+,19-,20-,21-,22?,23-,25+,26-/m0/s1. The Balaban J connectivity index is 1.61. The Bertz CT molecular complexity index is 818. The van der Waals surface area contributed by atoms with Crippen LogP contribution in [-0.2, 0) is 9.16 Å². The summed E-state index contributed by atoms with van der Waals surface area (Å²) in [4.78, 5) is 0. The second-order valence-electron chi connectivity index (χ2n) is 13.9. The van der Waals surface area contributed by atoms with E-state index in [4.69, 9.17) is 9.16 Å². The van der Waals surface area contributed by atoms with Gasteiger partial charge in [-0.15, -0.1) is 13.2 Å². The van der Waals surface area contributed by atoms with E-state index in [-0.39, 0.29) is 21.8 Å². The highest BCUT2D eigenvalue weighted by atomic mass is 28.4. The fourth-order valence-corrected chi connectivity index (χ4v) is 9.78. The van der Waals surface area contributed by atoms with Crippen LogP contribution in [0.25, 0.3) is 0 Å². The molecule has 0 aromatic rings. The van der Waals surface area contributed by atoms with Gasteiger partial charge >= 0.3 is 6.36 Å². The Morgan fingerprint density at radius 3 is 2.15 bits per heavy atom. The third kappa shape index (κ3) is 4.38. The lowest BCUT2D eigenvalue weighted by molar-refractivity contribution is -0.360. The van der Waals surface area contributed by atoms with Gasteiger partial charge in [-0.25, -0.2) is 0 Å². The molecule has 194 valence electrons. The van der Waals surface area contributed by atoms with Gasteiger partial charge in [-0.1, -0.05) is 34.6 Å². The molecular weight excluding hydrogens is 455 g/mol. The van der Waals surface area contributed by atoms with Gasteiger partial charge < -0.3 is 4.43 Å². The van der Waals surface area contributed by atoms with Crippen molar-refractivity contribution in [2.45, 2.75) is 123 Å². The van der Waals surface area contributed by atoms with Crippen LogP contribution < -0.4 is 0 Å². The van der Waals surface area contributed by atoms with Crippen LogP contribution in [0.1, 0.15) is 86.0 Å². The molecule has 4 fully saturated rings. The van der Waals surface area contributed by atoms with E-state index in [0.29, 0.717) is 36.5 Å². The molecular formula is C27H44F3NO2Si. The third-order valence-electron chi connectivity index (χ3n) is 11.3. The summed E-state index contributed by atoms with van der Waals surface area (Å²) in [6.45, 7) is 15.2. The fraction of sp³-hybridized carbons (Fsp3) is 0.963. The molecule has 0 aromatic heterocycles. The van der Waals surface area contributed by atoms with Crippen LogP contribution in [0.5, 0.6) is 0 Å². The van der Waals surface area contributed by atoms with Crippen LogP contribution in [-0.4, -0.2) is 26.9 Å². The SMILES string of the molecule is CC(C)(C)[Si](C)(C)OC1C[C@@H]2CC[C@@H]3[C@H](CC[C@]4(C)[C@@H](C#N)CC[C@@H]34)[C@@]2(C)C[C@@H]1OC(F)(F)F. The molecule has 4 aliphatic rings. The lowest BCUT2D eigenvalue weighted by Crippen LogP contribution is -2.59. The second kappa shape index (κ2) is 8.48. The Morgan fingerprint density at radius 2 is 1.56 bits per heavy atom. The zero-order chi connectivity index (χ0) is 25.3. The van der Waals surface area contributed by atoms with Crippen molar-refractivity contribution >= 4 is 8.32 Å². The third-order valence-corrected chi connectivity index (χ3v) is 15.8. The van der Waals surface area contributed by atoms with Crippen LogP contribution in [0.4, 0.5) is 13.2 Å². The van der Waals surface area contributed by atoms with Gasteiger partial charge in [0.15, 0.2) is 8.32 Å². The zero-order valence-electron chi connectivity index (χ0n) is 22.1. The number of halogens is 3. The van der Waals surface area contributed by atoms with Gasteiger partial charge in [-0.2, -0.15) is 5.26 Å². The molecule has 0 heterocycles. The second-order valence-corrected chi connectivity index (χ2v) is 18.7. The summed E-state index contributed by atoms with van der Waals surface area (Å²) in [6.07, 6.45) is 1.28. The maximum absolute atomic E-state index is 13.6. The minimum absolute atomic E-state index is 0.0677. The summed E-state index contributed by atoms with van der Waals surface area (Å²) in [5.74, 6) is 1.95. The number of nitriles is 1. The van der Waals surface area contributed by atoms with Crippen molar-refractivity contribution in [3.05, 3.63) is 0 Å². The summed E-state index contributed by atoms with van der Waals surface area (Å²) in [6, 6.07) is 2.58. The van der Waals surface area contributed by atoms with Gasteiger partial charge in [-0.3, -0.25) is 4.74 Å². The van der Waals surface area contributed by atoms with Crippen LogP contribution in [0.2, 0.25) is 18.1 Å². The average molecular weight is 500 g/mol. The molecule has 1 unspecified atom stereocenters. The van der Waals surface area contributed by atoms with Crippen molar-refractivity contribution in [3.63, 3.8) is 0 Å². The fourth-order valence-electron chi connectivity index (χ4n) is 8.42. The summed E-state index contributed by atoms with van der Waals surface area (Å²) in [7, 11) is -2.24. The molecule has 0 bridgehead atoms. The van der Waals surface area contributed by atoms with Crippen molar-refractivity contribution in [2.75, 3.05) is 0 Å². The predicted molar refractivity (Wildman–Crippen MR) is 129 cm³/mol. The monoisotopic (exact) mass is 499 g/mol. The molecule has 0 amide bonds. The van der Waals surface area contributed by atoms with E-state index in [1.54, 1.807) is 0 Å². The number of fused-ring (bicyclic) bond motifs is 5. The first-order chi connectivity index (χ1) is 15.5. The Labute approximate surface area is 205 Å². The smallest absolute Gasteiger partial charge is 0.411 e. The van der Waals surface area contributed by atoms with Crippen LogP contribution in [0.15, 0.2) is 0 Å². The van der Waals surface area contributed by atoms with E-state index in [0.717, 1.165) is 38.5 Å². The Hall–Kier alpha value is -0.583. The van der Waals surface area contributed by atoms with Gasteiger partial charge in [0.2, 0.25) is 0 Å². The molecule has 4 saturated carbocycles. The van der Waals surface area contributed by atoms with Gasteiger partial charge in [0, 0.05) is 0 Å². The lowest BCUT2D eigenvalue weighted by Gasteiger charge is -2.62. The van der Waals surface area contributed by atoms with E-state index in [1.165, 1.54) is 0 Å². The van der Waals surface area contributed by atoms with Crippen molar-refractivity contribution in [1.29, 1.82) is 5.26 Å². The molecule has 9 atom stereocenters. The first-order valence-corrected chi connectivity index (χ1v) is 16.2. The van der Waals surface area contributed by atoms with Crippen molar-refractivity contribution < 1.29 is 22.3 Å². The van der Waals surface area contributed by atoms with Crippen LogP contribution in [0.3, 0.4) is 0 Å². The van der Waals surface area contributed by atoms with Crippen LogP contribution >= 0.6 is 0 Å². The lowest BCUT2D eigenvalue weighted by atomic mass is 9.44. The van der Waals surface area contributed by atoms with Gasteiger partial charge in [0.1, 0.15) is 0 Å². The quantitative estimate of drug-likeness (QED) is 0.369. The number of nitrogens with zero attached hydrogens (tertiary/aromatic N) is 1. The maximum atomic E-state index is 13.6. The summed E-state index contributed by atoms with van der Waals surface area (Å²) in [5, 5.41) is 9.67. The minimum Gasteiger partial charge on any atom is -0.411 e. The Morgan fingerprint density at radius 1 is 0.912 bits per heavy atom. The highest BCUT2D eigenvalue weighted by molar-refractivity contribution is 6.74. The number of alkyl halides is 3. The molecule has 0 spiro atoms. The van der Waals surface area contributed by atoms with E-state index < -0.39 is 26.9 Å². The molecule has 34 heavy (non-hydrogen) atoms. The molecule has 0 aromatic carbocycles. The largest absolute Gasteiger partial charge is 0.522 e. The zero-order valence-corrected chi connectivity index (χ0v) is 23.1. The van der Waals surface area contributed by atoms with Crippen molar-refractivity contribution in [2.24, 2.45) is 40.4 Å². The number of hydrogen-bond acceptors (Lipinski definition) is 3. The number of hydrogen-bond donors (Lipinski definition) is 0. The van der Waals surface area contributed by atoms with Gasteiger partial charge in [0.25, 0.3) is 0 Å². The molecule has 7 heteroatoms. The molecule has 0 N–H and O–H groups in total. The molecule has 0 radical (unpaired) electrons. The molecule has 0 saturated heterocycles. The normalized spacial score (nSPS) is 45.1. The molecule has 3 nitrogen and oxygen atoms in total. The van der Waals surface area contributed by atoms with E-state index in [1.807, 2.05) is 0 Å². The highest BCUT2D eigenvalue weighted by Gasteiger charge is 2.62. The summed E-state index contributed by atoms with van der Waals surface area (Å²) < 4.78 is 52.2. The van der Waals surface area contributed by atoms with Gasteiger partial charge in [-0.05, 0) is 104 Å². The van der Waals surface area contributed by atoms with Crippen molar-refractivity contribution in [3.8, 4) is 6.07 Å². The number of ether oxygens (including phenoxy) is 1. The van der Waals surface area contributed by atoms with E-state index >= 15 is 0 Å². The first kappa shape index (κ1) is 26.5. The van der Waals surface area contributed by atoms with Crippen LogP contribution in [0, 0.1) is 51.8 Å². The molecule has 0 aliphatic heterocycles. The molecule has 4 aliphatic carbocycles.